The van der Waals surface area contributed by atoms with E-state index in [-0.39, 0.29) is 5.01 Å². The summed E-state index contributed by atoms with van der Waals surface area (Å²) in [5, 5.41) is 12.0. The molecule has 0 saturated heterocycles. The number of hydrogen-bond donors (Lipinski definition) is 2. The van der Waals surface area contributed by atoms with Crippen molar-refractivity contribution in [1.82, 2.24) is 10.3 Å². The van der Waals surface area contributed by atoms with Crippen molar-refractivity contribution >= 4 is 17.3 Å². The summed E-state index contributed by atoms with van der Waals surface area (Å²) in [6.07, 6.45) is 1.83. The van der Waals surface area contributed by atoms with Gasteiger partial charge in [0, 0.05) is 11.4 Å². The smallest absolute Gasteiger partial charge is 0.365 e. The minimum Gasteiger partial charge on any atom is -0.476 e. The Morgan fingerprint density at radius 3 is 2.86 bits per heavy atom. The summed E-state index contributed by atoms with van der Waals surface area (Å²) in [5.74, 6) is -0.935. The van der Waals surface area contributed by atoms with Gasteiger partial charge >= 0.3 is 5.97 Å². The highest BCUT2D eigenvalue weighted by Crippen LogP contribution is 2.19. The van der Waals surface area contributed by atoms with Crippen LogP contribution in [-0.4, -0.2) is 23.1 Å². The van der Waals surface area contributed by atoms with Crippen molar-refractivity contribution in [2.45, 2.75) is 26.3 Å². The second-order valence-electron chi connectivity index (χ2n) is 2.97. The molecule has 0 unspecified atom stereocenters. The number of nitrogens with zero attached hydrogens (tertiary/aromatic N) is 1. The van der Waals surface area contributed by atoms with Crippen LogP contribution in [0.3, 0.4) is 0 Å². The molecule has 1 rings (SSSR count). The van der Waals surface area contributed by atoms with E-state index < -0.39 is 5.97 Å². The Kier molecular flexibility index (Phi) is 4.03. The lowest BCUT2D eigenvalue weighted by molar-refractivity contribution is 0.0696. The van der Waals surface area contributed by atoms with Crippen LogP contribution in [0.5, 0.6) is 0 Å². The van der Waals surface area contributed by atoms with E-state index >= 15 is 0 Å². The molecular formula is C9H14N2O2S. The Labute approximate surface area is 87.0 Å². The predicted molar refractivity (Wildman–Crippen MR) is 55.8 cm³/mol. The lowest BCUT2D eigenvalue weighted by Gasteiger charge is -1.97. The largest absolute Gasteiger partial charge is 0.476 e. The van der Waals surface area contributed by atoms with Gasteiger partial charge in [-0.05, 0) is 13.5 Å². The third kappa shape index (κ3) is 2.52. The summed E-state index contributed by atoms with van der Waals surface area (Å²) < 4.78 is 0. The van der Waals surface area contributed by atoms with Gasteiger partial charge in [-0.15, -0.1) is 11.3 Å². The molecule has 4 nitrogen and oxygen atoms in total. The molecule has 0 aliphatic carbocycles. The molecule has 0 amide bonds. The Hall–Kier alpha value is -0.940. The second kappa shape index (κ2) is 5.07. The molecule has 0 radical (unpaired) electrons. The fraction of sp³-hybridized carbons (Fsp3) is 0.556. The van der Waals surface area contributed by atoms with Crippen LogP contribution in [0.1, 0.15) is 33.7 Å². The fourth-order valence-electron chi connectivity index (χ4n) is 1.21. The molecule has 2 N–H and O–H groups in total. The number of nitrogens with one attached hydrogen (secondary N) is 1. The molecule has 1 aromatic rings. The normalized spacial score (nSPS) is 10.4. The fourth-order valence-corrected chi connectivity index (χ4v) is 2.16. The summed E-state index contributed by atoms with van der Waals surface area (Å²) in [7, 11) is 1.84. The molecule has 0 aromatic carbocycles. The lowest BCUT2D eigenvalue weighted by Crippen LogP contribution is -2.05. The average Bonchev–Trinajstić information content (AvgIpc) is 2.50. The highest BCUT2D eigenvalue weighted by Gasteiger charge is 2.14. The Bertz CT molecular complexity index is 299. The third-order valence-corrected chi connectivity index (χ3v) is 2.87. The van der Waals surface area contributed by atoms with Crippen molar-refractivity contribution in [1.29, 1.82) is 0 Å². The number of rotatable bonds is 5. The van der Waals surface area contributed by atoms with Gasteiger partial charge in [-0.3, -0.25) is 0 Å². The summed E-state index contributed by atoms with van der Waals surface area (Å²) in [4.78, 5) is 15.8. The number of aryl methyl sites for hydroxylation is 1. The molecule has 0 atom stereocenters. The van der Waals surface area contributed by atoms with E-state index in [4.69, 9.17) is 5.11 Å². The molecule has 0 bridgehead atoms. The Morgan fingerprint density at radius 1 is 1.64 bits per heavy atom. The molecule has 1 heterocycles. The SMILES string of the molecule is CCCc1nc(C(=O)O)sc1CNC. The van der Waals surface area contributed by atoms with Crippen molar-refractivity contribution in [3.63, 3.8) is 0 Å². The van der Waals surface area contributed by atoms with Crippen molar-refractivity contribution < 1.29 is 9.90 Å². The van der Waals surface area contributed by atoms with E-state index in [0.29, 0.717) is 6.54 Å². The zero-order valence-corrected chi connectivity index (χ0v) is 9.15. The van der Waals surface area contributed by atoms with Gasteiger partial charge in [-0.1, -0.05) is 13.3 Å². The first-order chi connectivity index (χ1) is 6.69. The van der Waals surface area contributed by atoms with Crippen molar-refractivity contribution in [3.05, 3.63) is 15.6 Å². The highest BCUT2D eigenvalue weighted by atomic mass is 32.1. The minimum atomic E-state index is -0.935. The number of carboxylic acid groups (broad SMARTS) is 1. The van der Waals surface area contributed by atoms with Gasteiger partial charge in [0.1, 0.15) is 0 Å². The Balaban J connectivity index is 2.93. The van der Waals surface area contributed by atoms with Crippen molar-refractivity contribution in [2.24, 2.45) is 0 Å². The maximum absolute atomic E-state index is 10.7. The molecule has 78 valence electrons. The number of thiazole rings is 1. The van der Waals surface area contributed by atoms with E-state index in [1.807, 2.05) is 7.05 Å². The topological polar surface area (TPSA) is 62.2 Å². The van der Waals surface area contributed by atoms with Gasteiger partial charge < -0.3 is 10.4 Å². The summed E-state index contributed by atoms with van der Waals surface area (Å²) >= 11 is 1.26. The van der Waals surface area contributed by atoms with E-state index in [2.05, 4.69) is 17.2 Å². The molecule has 0 aliphatic rings. The first-order valence-corrected chi connectivity index (χ1v) is 5.37. The molecule has 5 heteroatoms. The zero-order chi connectivity index (χ0) is 10.6. The Morgan fingerprint density at radius 2 is 2.36 bits per heavy atom. The summed E-state index contributed by atoms with van der Waals surface area (Å²) in [6.45, 7) is 2.75. The van der Waals surface area contributed by atoms with Gasteiger partial charge in [0.25, 0.3) is 0 Å². The van der Waals surface area contributed by atoms with Gasteiger partial charge in [0.2, 0.25) is 5.01 Å². The molecule has 0 spiro atoms. The first-order valence-electron chi connectivity index (χ1n) is 4.55. The van der Waals surface area contributed by atoms with Crippen LogP contribution < -0.4 is 5.32 Å². The van der Waals surface area contributed by atoms with Crippen LogP contribution in [0.15, 0.2) is 0 Å². The van der Waals surface area contributed by atoms with E-state index in [9.17, 15) is 4.79 Å². The van der Waals surface area contributed by atoms with E-state index in [1.54, 1.807) is 0 Å². The number of carboxylic acids is 1. The molecular weight excluding hydrogens is 200 g/mol. The molecule has 0 saturated carbocycles. The average molecular weight is 214 g/mol. The molecule has 0 aliphatic heterocycles. The maximum Gasteiger partial charge on any atom is 0.365 e. The number of aromatic carboxylic acids is 1. The number of carbonyl (C=O) groups is 1. The quantitative estimate of drug-likeness (QED) is 0.780. The van der Waals surface area contributed by atoms with Crippen LogP contribution >= 0.6 is 11.3 Å². The van der Waals surface area contributed by atoms with Crippen molar-refractivity contribution in [2.75, 3.05) is 7.05 Å². The summed E-state index contributed by atoms with van der Waals surface area (Å²) in [6, 6.07) is 0. The van der Waals surface area contributed by atoms with Gasteiger partial charge in [0.05, 0.1) is 5.69 Å². The number of hydrogen-bond acceptors (Lipinski definition) is 4. The predicted octanol–water partition coefficient (Wildman–Crippen LogP) is 1.51. The third-order valence-electron chi connectivity index (χ3n) is 1.79. The first kappa shape index (κ1) is 11.1. The highest BCUT2D eigenvalue weighted by molar-refractivity contribution is 7.13. The molecule has 0 fully saturated rings. The van der Waals surface area contributed by atoms with Crippen LogP contribution in [0, 0.1) is 0 Å². The molecule has 14 heavy (non-hydrogen) atoms. The minimum absolute atomic E-state index is 0.193. The van der Waals surface area contributed by atoms with Crippen molar-refractivity contribution in [3.8, 4) is 0 Å². The number of aromatic nitrogens is 1. The zero-order valence-electron chi connectivity index (χ0n) is 8.33. The van der Waals surface area contributed by atoms with Crippen LogP contribution in [0.4, 0.5) is 0 Å². The van der Waals surface area contributed by atoms with E-state index in [0.717, 1.165) is 23.4 Å². The van der Waals surface area contributed by atoms with E-state index in [1.165, 1.54) is 11.3 Å². The monoisotopic (exact) mass is 214 g/mol. The van der Waals surface area contributed by atoms with Gasteiger partial charge in [0.15, 0.2) is 0 Å². The van der Waals surface area contributed by atoms with Gasteiger partial charge in [-0.25, -0.2) is 9.78 Å². The summed E-state index contributed by atoms with van der Waals surface area (Å²) in [5.41, 5.74) is 0.921. The van der Waals surface area contributed by atoms with Crippen LogP contribution in [-0.2, 0) is 13.0 Å². The maximum atomic E-state index is 10.7. The second-order valence-corrected chi connectivity index (χ2v) is 4.06. The van der Waals surface area contributed by atoms with Crippen LogP contribution in [0.25, 0.3) is 0 Å². The lowest BCUT2D eigenvalue weighted by atomic mass is 10.2. The molecule has 1 aromatic heterocycles. The van der Waals surface area contributed by atoms with Crippen LogP contribution in [0.2, 0.25) is 0 Å². The standard InChI is InChI=1S/C9H14N2O2S/c1-3-4-6-7(5-10-2)14-8(11-6)9(12)13/h10H,3-5H2,1-2H3,(H,12,13). The van der Waals surface area contributed by atoms with Gasteiger partial charge in [-0.2, -0.15) is 0 Å².